The van der Waals surface area contributed by atoms with Crippen molar-refractivity contribution in [2.75, 3.05) is 6.54 Å². The van der Waals surface area contributed by atoms with E-state index in [1.165, 1.54) is 11.3 Å². The predicted molar refractivity (Wildman–Crippen MR) is 46.5 cm³/mol. The third-order valence-corrected chi connectivity index (χ3v) is 2.66. The first-order valence-electron chi connectivity index (χ1n) is 4.67. The van der Waals surface area contributed by atoms with Crippen molar-refractivity contribution < 1.29 is 9.90 Å². The first kappa shape index (κ1) is 9.52. The Hall–Kier alpha value is -0.570. The molecule has 0 bridgehead atoms. The van der Waals surface area contributed by atoms with Gasteiger partial charge in [-0.25, -0.2) is 0 Å². The fourth-order valence-corrected chi connectivity index (χ4v) is 1.87. The molecule has 0 radical (unpaired) electrons. The highest BCUT2D eigenvalue weighted by molar-refractivity contribution is 5.48. The van der Waals surface area contributed by atoms with Crippen LogP contribution in [0.4, 0.5) is 0 Å². The predicted octanol–water partition coefficient (Wildman–Crippen LogP) is 1.12. The third-order valence-electron chi connectivity index (χ3n) is 2.66. The average Bonchev–Trinajstić information content (AvgIpc) is 2.07. The number of aliphatic hydroxyl groups is 1. The summed E-state index contributed by atoms with van der Waals surface area (Å²) < 4.78 is 0. The molecule has 0 aromatic carbocycles. The van der Waals surface area contributed by atoms with Crippen LogP contribution < -0.4 is 0 Å². The van der Waals surface area contributed by atoms with Crippen LogP contribution in [0.5, 0.6) is 0 Å². The van der Waals surface area contributed by atoms with Crippen molar-refractivity contribution in [3.63, 3.8) is 0 Å². The molecule has 1 aliphatic rings. The van der Waals surface area contributed by atoms with Crippen molar-refractivity contribution in [2.45, 2.75) is 44.8 Å². The van der Waals surface area contributed by atoms with Gasteiger partial charge in [-0.15, -0.1) is 0 Å². The van der Waals surface area contributed by atoms with E-state index in [9.17, 15) is 9.90 Å². The van der Waals surface area contributed by atoms with E-state index < -0.39 is 5.72 Å². The Morgan fingerprint density at radius 1 is 1.42 bits per heavy atom. The van der Waals surface area contributed by atoms with Crippen molar-refractivity contribution in [1.29, 1.82) is 0 Å². The van der Waals surface area contributed by atoms with Crippen LogP contribution in [0.1, 0.15) is 39.0 Å². The molecule has 0 unspecified atom stereocenters. The van der Waals surface area contributed by atoms with E-state index in [1.807, 2.05) is 6.92 Å². The minimum atomic E-state index is -0.839. The van der Waals surface area contributed by atoms with Gasteiger partial charge in [0.25, 0.3) is 0 Å². The van der Waals surface area contributed by atoms with Gasteiger partial charge >= 0.3 is 0 Å². The van der Waals surface area contributed by atoms with Crippen LogP contribution in [0.2, 0.25) is 0 Å². The van der Waals surface area contributed by atoms with E-state index in [0.717, 1.165) is 32.1 Å². The van der Waals surface area contributed by atoms with Crippen molar-refractivity contribution in [3.05, 3.63) is 0 Å². The molecule has 1 rings (SSSR count). The molecule has 0 spiro atoms. The van der Waals surface area contributed by atoms with Crippen LogP contribution in [0.25, 0.3) is 0 Å². The van der Waals surface area contributed by atoms with Gasteiger partial charge in [-0.2, -0.15) is 0 Å². The zero-order chi connectivity index (χ0) is 9.03. The van der Waals surface area contributed by atoms with Gasteiger partial charge in [0.1, 0.15) is 5.72 Å². The topological polar surface area (TPSA) is 40.5 Å². The van der Waals surface area contributed by atoms with Crippen LogP contribution >= 0.6 is 0 Å². The average molecular weight is 171 g/mol. The summed E-state index contributed by atoms with van der Waals surface area (Å²) in [5, 5.41) is 10.0. The zero-order valence-corrected chi connectivity index (χ0v) is 7.62. The maximum atomic E-state index is 10.6. The van der Waals surface area contributed by atoms with E-state index >= 15 is 0 Å². The summed E-state index contributed by atoms with van der Waals surface area (Å²) in [6.07, 6.45) is 5.46. The summed E-state index contributed by atoms with van der Waals surface area (Å²) in [6, 6.07) is 0. The molecular weight excluding hydrogens is 154 g/mol. The van der Waals surface area contributed by atoms with Crippen LogP contribution in [0, 0.1) is 0 Å². The standard InChI is InChI=1S/C9H17NO2/c1-2-10(8-11)9(12)6-4-3-5-7-9/h8,12H,2-7H2,1H3. The summed E-state index contributed by atoms with van der Waals surface area (Å²) >= 11 is 0. The van der Waals surface area contributed by atoms with Gasteiger partial charge in [0.2, 0.25) is 6.41 Å². The van der Waals surface area contributed by atoms with E-state index in [4.69, 9.17) is 0 Å². The van der Waals surface area contributed by atoms with Gasteiger partial charge in [0, 0.05) is 6.54 Å². The Bertz CT molecular complexity index is 153. The lowest BCUT2D eigenvalue weighted by Crippen LogP contribution is -2.49. The molecule has 0 aromatic heterocycles. The summed E-state index contributed by atoms with van der Waals surface area (Å²) in [5.74, 6) is 0. The monoisotopic (exact) mass is 171 g/mol. The lowest BCUT2D eigenvalue weighted by atomic mass is 9.91. The smallest absolute Gasteiger partial charge is 0.211 e. The van der Waals surface area contributed by atoms with Gasteiger partial charge < -0.3 is 10.0 Å². The number of hydrogen-bond donors (Lipinski definition) is 1. The minimum Gasteiger partial charge on any atom is -0.371 e. The van der Waals surface area contributed by atoms with Gasteiger partial charge in [-0.1, -0.05) is 6.42 Å². The van der Waals surface area contributed by atoms with E-state index in [1.54, 1.807) is 0 Å². The maximum Gasteiger partial charge on any atom is 0.211 e. The minimum absolute atomic E-state index is 0.597. The Kier molecular flexibility index (Phi) is 3.09. The number of amides is 1. The van der Waals surface area contributed by atoms with E-state index in [2.05, 4.69) is 0 Å². The van der Waals surface area contributed by atoms with Crippen LogP contribution in [-0.2, 0) is 4.79 Å². The Morgan fingerprint density at radius 2 is 2.00 bits per heavy atom. The molecule has 0 heterocycles. The molecule has 0 aliphatic heterocycles. The maximum absolute atomic E-state index is 10.6. The molecule has 1 amide bonds. The molecule has 0 aromatic rings. The molecule has 1 N–H and O–H groups in total. The van der Waals surface area contributed by atoms with E-state index in [-0.39, 0.29) is 0 Å². The lowest BCUT2D eigenvalue weighted by molar-refractivity contribution is -0.153. The van der Waals surface area contributed by atoms with Crippen molar-refractivity contribution in [1.82, 2.24) is 4.90 Å². The quantitative estimate of drug-likeness (QED) is 0.510. The van der Waals surface area contributed by atoms with Crippen molar-refractivity contribution >= 4 is 6.41 Å². The normalized spacial score (nSPS) is 21.8. The second kappa shape index (κ2) is 3.90. The van der Waals surface area contributed by atoms with Crippen molar-refractivity contribution in [2.24, 2.45) is 0 Å². The molecule has 70 valence electrons. The lowest BCUT2D eigenvalue weighted by Gasteiger charge is -2.39. The summed E-state index contributed by atoms with van der Waals surface area (Å²) in [7, 11) is 0. The molecule has 3 heteroatoms. The van der Waals surface area contributed by atoms with Gasteiger partial charge in [-0.3, -0.25) is 4.79 Å². The Labute approximate surface area is 73.4 Å². The highest BCUT2D eigenvalue weighted by Crippen LogP contribution is 2.30. The van der Waals surface area contributed by atoms with Crippen LogP contribution in [0.3, 0.4) is 0 Å². The molecule has 1 saturated carbocycles. The van der Waals surface area contributed by atoms with Crippen LogP contribution in [-0.4, -0.2) is 28.7 Å². The SMILES string of the molecule is CCN(C=O)C1(O)CCCCC1. The highest BCUT2D eigenvalue weighted by atomic mass is 16.3. The number of nitrogens with zero attached hydrogens (tertiary/aromatic N) is 1. The Morgan fingerprint density at radius 3 is 2.42 bits per heavy atom. The summed E-state index contributed by atoms with van der Waals surface area (Å²) in [4.78, 5) is 12.1. The van der Waals surface area contributed by atoms with E-state index in [0.29, 0.717) is 6.54 Å². The number of carbonyl (C=O) groups excluding carboxylic acids is 1. The van der Waals surface area contributed by atoms with Gasteiger partial charge in [0.15, 0.2) is 0 Å². The number of carbonyl (C=O) groups is 1. The third kappa shape index (κ3) is 1.78. The first-order valence-corrected chi connectivity index (χ1v) is 4.67. The summed E-state index contributed by atoms with van der Waals surface area (Å²) in [5.41, 5.74) is -0.839. The Balaban J connectivity index is 2.59. The van der Waals surface area contributed by atoms with Crippen LogP contribution in [0.15, 0.2) is 0 Å². The molecule has 0 atom stereocenters. The highest BCUT2D eigenvalue weighted by Gasteiger charge is 2.33. The molecule has 0 saturated heterocycles. The number of hydrogen-bond acceptors (Lipinski definition) is 2. The largest absolute Gasteiger partial charge is 0.371 e. The van der Waals surface area contributed by atoms with Crippen molar-refractivity contribution in [3.8, 4) is 0 Å². The molecule has 1 aliphatic carbocycles. The summed E-state index contributed by atoms with van der Waals surface area (Å²) in [6.45, 7) is 2.49. The second-order valence-corrected chi connectivity index (χ2v) is 3.43. The second-order valence-electron chi connectivity index (χ2n) is 3.43. The molecule has 1 fully saturated rings. The van der Waals surface area contributed by atoms with Gasteiger partial charge in [-0.05, 0) is 32.6 Å². The molecule has 12 heavy (non-hydrogen) atoms. The fraction of sp³-hybridized carbons (Fsp3) is 0.889. The molecule has 3 nitrogen and oxygen atoms in total. The fourth-order valence-electron chi connectivity index (χ4n) is 1.87. The molecular formula is C9H17NO2. The number of rotatable bonds is 3. The zero-order valence-electron chi connectivity index (χ0n) is 7.62. The van der Waals surface area contributed by atoms with Gasteiger partial charge in [0.05, 0.1) is 0 Å². The first-order chi connectivity index (χ1) is 5.73.